The number of rotatable bonds is 8. The van der Waals surface area contributed by atoms with Gasteiger partial charge in [-0.2, -0.15) is 0 Å². The van der Waals surface area contributed by atoms with Crippen molar-refractivity contribution >= 4 is 0 Å². The van der Waals surface area contributed by atoms with Crippen molar-refractivity contribution in [1.82, 2.24) is 0 Å². The monoisotopic (exact) mass is 370 g/mol. The van der Waals surface area contributed by atoms with Crippen LogP contribution >= 0.6 is 0 Å². The Kier molecular flexibility index (Phi) is 6.50. The molecule has 27 heavy (non-hydrogen) atoms. The first-order chi connectivity index (χ1) is 13.2. The van der Waals surface area contributed by atoms with E-state index >= 15 is 0 Å². The van der Waals surface area contributed by atoms with E-state index in [0.29, 0.717) is 18.1 Å². The lowest BCUT2D eigenvalue weighted by molar-refractivity contribution is -0.127. The number of ether oxygens (including phenoxy) is 4. The molecule has 144 valence electrons. The maximum absolute atomic E-state index is 9.86. The summed E-state index contributed by atoms with van der Waals surface area (Å²) < 4.78 is 22.9. The van der Waals surface area contributed by atoms with E-state index in [1.807, 2.05) is 48.5 Å². The second kappa shape index (κ2) is 9.04. The SMILES string of the molecule is C=C[C@H]1[C@@H](OC)O[C@@H](c2ccc(OCc3ccccc3)c(OC)c2)[C@@H]1CO. The van der Waals surface area contributed by atoms with Crippen LogP contribution in [-0.2, 0) is 16.1 Å². The van der Waals surface area contributed by atoms with Gasteiger partial charge in [0.25, 0.3) is 0 Å². The second-order valence-corrected chi connectivity index (χ2v) is 6.50. The first-order valence-electron chi connectivity index (χ1n) is 8.98. The summed E-state index contributed by atoms with van der Waals surface area (Å²) in [5.74, 6) is 1.07. The molecule has 1 heterocycles. The van der Waals surface area contributed by atoms with Gasteiger partial charge in [0, 0.05) is 25.6 Å². The molecule has 2 aromatic carbocycles. The van der Waals surface area contributed by atoms with E-state index < -0.39 is 6.29 Å². The number of aliphatic hydroxyl groups is 1. The van der Waals surface area contributed by atoms with Crippen LogP contribution in [0.25, 0.3) is 0 Å². The van der Waals surface area contributed by atoms with Gasteiger partial charge in [-0.05, 0) is 23.3 Å². The third kappa shape index (κ3) is 4.16. The Morgan fingerprint density at radius 2 is 1.89 bits per heavy atom. The second-order valence-electron chi connectivity index (χ2n) is 6.50. The van der Waals surface area contributed by atoms with Crippen LogP contribution in [0.5, 0.6) is 11.5 Å². The van der Waals surface area contributed by atoms with Crippen molar-refractivity contribution in [1.29, 1.82) is 0 Å². The molecule has 0 bridgehead atoms. The predicted molar refractivity (Wildman–Crippen MR) is 103 cm³/mol. The quantitative estimate of drug-likeness (QED) is 0.718. The number of hydrogen-bond acceptors (Lipinski definition) is 5. The number of benzene rings is 2. The maximum Gasteiger partial charge on any atom is 0.164 e. The third-order valence-electron chi connectivity index (χ3n) is 4.95. The summed E-state index contributed by atoms with van der Waals surface area (Å²) in [7, 11) is 3.21. The molecular formula is C22H26O5. The van der Waals surface area contributed by atoms with E-state index in [1.54, 1.807) is 20.3 Å². The van der Waals surface area contributed by atoms with E-state index in [-0.39, 0.29) is 24.5 Å². The van der Waals surface area contributed by atoms with Crippen molar-refractivity contribution < 1.29 is 24.1 Å². The van der Waals surface area contributed by atoms with Crippen LogP contribution in [0, 0.1) is 11.8 Å². The van der Waals surface area contributed by atoms with E-state index in [0.717, 1.165) is 11.1 Å². The van der Waals surface area contributed by atoms with Gasteiger partial charge >= 0.3 is 0 Å². The van der Waals surface area contributed by atoms with Crippen molar-refractivity contribution in [3.05, 3.63) is 72.3 Å². The molecule has 1 N–H and O–H groups in total. The number of aliphatic hydroxyl groups excluding tert-OH is 1. The average molecular weight is 370 g/mol. The van der Waals surface area contributed by atoms with Gasteiger partial charge in [-0.1, -0.05) is 42.5 Å². The Hall–Kier alpha value is -2.34. The molecule has 0 aromatic heterocycles. The van der Waals surface area contributed by atoms with Crippen LogP contribution in [0.15, 0.2) is 61.2 Å². The molecule has 0 aliphatic carbocycles. The maximum atomic E-state index is 9.86. The molecule has 5 nitrogen and oxygen atoms in total. The fraction of sp³-hybridized carbons (Fsp3) is 0.364. The molecule has 0 radical (unpaired) electrons. The van der Waals surface area contributed by atoms with Crippen molar-refractivity contribution in [3.63, 3.8) is 0 Å². The molecule has 1 fully saturated rings. The summed E-state index contributed by atoms with van der Waals surface area (Å²) in [6, 6.07) is 15.7. The standard InChI is InChI=1S/C22H26O5/c1-4-17-18(13-23)21(27-22(17)25-3)16-10-11-19(20(12-16)24-2)26-14-15-8-6-5-7-9-15/h4-12,17-18,21-23H,1,13-14H2,2-3H3/t17-,18-,21+,22+/m1/s1. The number of hydrogen-bond donors (Lipinski definition) is 1. The van der Waals surface area contributed by atoms with Gasteiger partial charge in [0.1, 0.15) is 6.61 Å². The van der Waals surface area contributed by atoms with Crippen LogP contribution in [0.2, 0.25) is 0 Å². The zero-order valence-corrected chi connectivity index (χ0v) is 15.7. The normalized spacial score (nSPS) is 24.6. The zero-order chi connectivity index (χ0) is 19.2. The molecule has 2 aromatic rings. The van der Waals surface area contributed by atoms with E-state index in [9.17, 15) is 5.11 Å². The average Bonchev–Trinajstić information content (AvgIpc) is 3.10. The summed E-state index contributed by atoms with van der Waals surface area (Å²) in [6.07, 6.45) is 1.05. The molecule has 0 unspecified atom stereocenters. The van der Waals surface area contributed by atoms with Gasteiger partial charge in [0.2, 0.25) is 0 Å². The lowest BCUT2D eigenvalue weighted by atomic mass is 9.87. The highest BCUT2D eigenvalue weighted by Crippen LogP contribution is 2.44. The smallest absolute Gasteiger partial charge is 0.164 e. The van der Waals surface area contributed by atoms with Gasteiger partial charge in [0.05, 0.1) is 13.2 Å². The topological polar surface area (TPSA) is 57.2 Å². The first kappa shape index (κ1) is 19.4. The molecule has 0 amide bonds. The minimum Gasteiger partial charge on any atom is -0.493 e. The molecule has 1 aliphatic rings. The Labute approximate surface area is 160 Å². The summed E-state index contributed by atoms with van der Waals surface area (Å²) in [6.45, 7) is 4.29. The summed E-state index contributed by atoms with van der Waals surface area (Å²) >= 11 is 0. The Balaban J connectivity index is 1.80. The van der Waals surface area contributed by atoms with Crippen LogP contribution < -0.4 is 9.47 Å². The van der Waals surface area contributed by atoms with E-state index in [1.165, 1.54) is 0 Å². The van der Waals surface area contributed by atoms with Crippen molar-refractivity contribution in [2.24, 2.45) is 11.8 Å². The highest BCUT2D eigenvalue weighted by atomic mass is 16.7. The molecule has 3 rings (SSSR count). The highest BCUT2D eigenvalue weighted by molar-refractivity contribution is 5.44. The van der Waals surface area contributed by atoms with Crippen LogP contribution in [-0.4, -0.2) is 32.2 Å². The summed E-state index contributed by atoms with van der Waals surface area (Å²) in [5, 5.41) is 9.86. The lowest BCUT2D eigenvalue weighted by Crippen LogP contribution is -2.22. The van der Waals surface area contributed by atoms with Gasteiger partial charge in [0.15, 0.2) is 17.8 Å². The summed E-state index contributed by atoms with van der Waals surface area (Å²) in [4.78, 5) is 0. The van der Waals surface area contributed by atoms with E-state index in [2.05, 4.69) is 6.58 Å². The molecule has 5 heteroatoms. The Bertz CT molecular complexity index is 746. The molecule has 1 saturated heterocycles. The highest BCUT2D eigenvalue weighted by Gasteiger charge is 2.43. The Morgan fingerprint density at radius 1 is 1.11 bits per heavy atom. The third-order valence-corrected chi connectivity index (χ3v) is 4.95. The fourth-order valence-corrected chi connectivity index (χ4v) is 3.50. The van der Waals surface area contributed by atoms with Gasteiger partial charge in [-0.3, -0.25) is 0 Å². The Morgan fingerprint density at radius 3 is 2.52 bits per heavy atom. The largest absolute Gasteiger partial charge is 0.493 e. The van der Waals surface area contributed by atoms with Crippen LogP contribution in [0.4, 0.5) is 0 Å². The van der Waals surface area contributed by atoms with Crippen molar-refractivity contribution in [2.45, 2.75) is 19.0 Å². The molecule has 0 spiro atoms. The predicted octanol–water partition coefficient (Wildman–Crippen LogP) is 3.73. The fourth-order valence-electron chi connectivity index (χ4n) is 3.50. The summed E-state index contributed by atoms with van der Waals surface area (Å²) in [5.41, 5.74) is 1.99. The number of methoxy groups -OCH3 is 2. The molecule has 1 aliphatic heterocycles. The zero-order valence-electron chi connectivity index (χ0n) is 15.7. The minimum absolute atomic E-state index is 0.0181. The van der Waals surface area contributed by atoms with Crippen molar-refractivity contribution in [3.8, 4) is 11.5 Å². The van der Waals surface area contributed by atoms with Crippen molar-refractivity contribution in [2.75, 3.05) is 20.8 Å². The molecular weight excluding hydrogens is 344 g/mol. The van der Waals surface area contributed by atoms with Crippen LogP contribution in [0.1, 0.15) is 17.2 Å². The lowest BCUT2D eigenvalue weighted by Gasteiger charge is -2.20. The minimum atomic E-state index is -0.426. The van der Waals surface area contributed by atoms with Gasteiger partial charge in [-0.15, -0.1) is 6.58 Å². The molecule has 4 atom stereocenters. The van der Waals surface area contributed by atoms with Gasteiger partial charge in [-0.25, -0.2) is 0 Å². The van der Waals surface area contributed by atoms with E-state index in [4.69, 9.17) is 18.9 Å². The molecule has 0 saturated carbocycles. The van der Waals surface area contributed by atoms with Gasteiger partial charge < -0.3 is 24.1 Å². The van der Waals surface area contributed by atoms with Crippen LogP contribution in [0.3, 0.4) is 0 Å². The first-order valence-corrected chi connectivity index (χ1v) is 8.98.